The maximum absolute atomic E-state index is 12.2. The molecule has 0 saturated heterocycles. The van der Waals surface area contributed by atoms with Gasteiger partial charge in [-0.2, -0.15) is 5.10 Å². The van der Waals surface area contributed by atoms with Crippen molar-refractivity contribution in [1.29, 1.82) is 0 Å². The molecular weight excluding hydrogens is 318 g/mol. The highest BCUT2D eigenvalue weighted by Gasteiger charge is 2.30. The van der Waals surface area contributed by atoms with Crippen molar-refractivity contribution in [2.75, 3.05) is 7.11 Å². The number of hydrogen-bond acceptors (Lipinski definition) is 5. The quantitative estimate of drug-likeness (QED) is 0.901. The monoisotopic (exact) mass is 335 g/mol. The number of primary sulfonamides is 1. The lowest BCUT2D eigenvalue weighted by Gasteiger charge is -2.13. The minimum atomic E-state index is -3.99. The molecule has 1 aromatic carbocycles. The first-order chi connectivity index (χ1) is 10.9. The van der Waals surface area contributed by atoms with Gasteiger partial charge in [0.1, 0.15) is 11.4 Å². The third kappa shape index (κ3) is 2.99. The van der Waals surface area contributed by atoms with E-state index in [0.717, 1.165) is 5.56 Å². The maximum atomic E-state index is 12.2. The lowest BCUT2D eigenvalue weighted by Crippen LogP contribution is -2.18. The predicted molar refractivity (Wildman–Crippen MR) is 83.0 cm³/mol. The molecule has 3 rings (SSSR count). The van der Waals surface area contributed by atoms with Crippen molar-refractivity contribution in [3.8, 4) is 5.75 Å². The smallest absolute Gasteiger partial charge is 0.257 e. The molecule has 122 valence electrons. The molecule has 0 amide bonds. The SMILES string of the molecule is COc1ccc(Cc2c(S(N)(=O)=O)nn3c2C(=O)CCC3)cc1. The molecule has 0 saturated carbocycles. The molecule has 0 atom stereocenters. The minimum absolute atomic E-state index is 0.0952. The summed E-state index contributed by atoms with van der Waals surface area (Å²) in [6, 6.07) is 7.21. The Morgan fingerprint density at radius 3 is 2.61 bits per heavy atom. The molecule has 2 N–H and O–H groups in total. The molecule has 1 aromatic heterocycles. The molecule has 1 aliphatic rings. The van der Waals surface area contributed by atoms with Crippen molar-refractivity contribution in [3.63, 3.8) is 0 Å². The van der Waals surface area contributed by atoms with E-state index in [0.29, 0.717) is 36.4 Å². The topological polar surface area (TPSA) is 104 Å². The van der Waals surface area contributed by atoms with Crippen LogP contribution in [0.15, 0.2) is 29.3 Å². The number of ketones is 1. The van der Waals surface area contributed by atoms with Gasteiger partial charge < -0.3 is 4.74 Å². The minimum Gasteiger partial charge on any atom is -0.497 e. The number of hydrogen-bond donors (Lipinski definition) is 1. The van der Waals surface area contributed by atoms with Gasteiger partial charge in [-0.3, -0.25) is 9.48 Å². The van der Waals surface area contributed by atoms with Gasteiger partial charge in [-0.1, -0.05) is 12.1 Å². The number of carbonyl (C=O) groups excluding carboxylic acids is 1. The molecule has 0 spiro atoms. The Bertz CT molecular complexity index is 854. The molecule has 1 aliphatic heterocycles. The van der Waals surface area contributed by atoms with E-state index in [4.69, 9.17) is 9.88 Å². The molecule has 2 heterocycles. The zero-order valence-corrected chi connectivity index (χ0v) is 13.5. The summed E-state index contributed by atoms with van der Waals surface area (Å²) in [5.74, 6) is 0.607. The lowest BCUT2D eigenvalue weighted by molar-refractivity contribution is 0.0950. The first-order valence-corrected chi connectivity index (χ1v) is 8.73. The second-order valence-electron chi connectivity index (χ2n) is 5.45. The Kier molecular flexibility index (Phi) is 3.95. The molecular formula is C15H17N3O4S. The number of rotatable bonds is 4. The van der Waals surface area contributed by atoms with Crippen LogP contribution in [0.25, 0.3) is 0 Å². The van der Waals surface area contributed by atoms with Crippen LogP contribution in [0.3, 0.4) is 0 Å². The number of nitrogens with zero attached hydrogens (tertiary/aromatic N) is 2. The van der Waals surface area contributed by atoms with Gasteiger partial charge in [-0.25, -0.2) is 13.6 Å². The second kappa shape index (κ2) is 5.78. The number of carbonyl (C=O) groups is 1. The first kappa shape index (κ1) is 15.7. The summed E-state index contributed by atoms with van der Waals surface area (Å²) >= 11 is 0. The van der Waals surface area contributed by atoms with E-state index in [1.807, 2.05) is 12.1 Å². The van der Waals surface area contributed by atoms with Gasteiger partial charge in [0.2, 0.25) is 0 Å². The summed E-state index contributed by atoms with van der Waals surface area (Å²) in [4.78, 5) is 12.2. The van der Waals surface area contributed by atoms with Crippen LogP contribution in [0, 0.1) is 0 Å². The van der Waals surface area contributed by atoms with Gasteiger partial charge in [-0.15, -0.1) is 0 Å². The number of methoxy groups -OCH3 is 1. The molecule has 0 aliphatic carbocycles. The highest BCUT2D eigenvalue weighted by Crippen LogP contribution is 2.27. The van der Waals surface area contributed by atoms with Crippen molar-refractivity contribution in [3.05, 3.63) is 41.1 Å². The average Bonchev–Trinajstić information content (AvgIpc) is 2.88. The molecule has 0 radical (unpaired) electrons. The van der Waals surface area contributed by atoms with Crippen LogP contribution in [0.4, 0.5) is 0 Å². The van der Waals surface area contributed by atoms with Crippen LogP contribution < -0.4 is 9.88 Å². The number of aryl methyl sites for hydroxylation is 1. The Hall–Kier alpha value is -2.19. The van der Waals surface area contributed by atoms with Gasteiger partial charge in [0, 0.05) is 24.9 Å². The Balaban J connectivity index is 2.09. The molecule has 8 heteroatoms. The maximum Gasteiger partial charge on any atom is 0.257 e. The number of Topliss-reactive ketones (excluding diaryl/α,β-unsaturated/α-hetero) is 1. The van der Waals surface area contributed by atoms with E-state index in [2.05, 4.69) is 5.10 Å². The van der Waals surface area contributed by atoms with E-state index in [1.54, 1.807) is 19.2 Å². The van der Waals surface area contributed by atoms with Crippen molar-refractivity contribution < 1.29 is 17.9 Å². The van der Waals surface area contributed by atoms with Crippen LogP contribution in [0.1, 0.15) is 34.5 Å². The van der Waals surface area contributed by atoms with Crippen molar-refractivity contribution in [2.24, 2.45) is 5.14 Å². The summed E-state index contributed by atoms with van der Waals surface area (Å²) in [7, 11) is -2.42. The first-order valence-electron chi connectivity index (χ1n) is 7.19. The predicted octanol–water partition coefficient (Wildman–Crippen LogP) is 1.11. The number of ether oxygens (including phenoxy) is 1. The normalized spacial score (nSPS) is 14.6. The second-order valence-corrected chi connectivity index (χ2v) is 6.93. The van der Waals surface area contributed by atoms with Gasteiger partial charge in [0.25, 0.3) is 10.0 Å². The van der Waals surface area contributed by atoms with Gasteiger partial charge >= 0.3 is 0 Å². The Morgan fingerprint density at radius 1 is 1.30 bits per heavy atom. The van der Waals surface area contributed by atoms with Gasteiger partial charge in [0.15, 0.2) is 10.8 Å². The largest absolute Gasteiger partial charge is 0.497 e. The third-order valence-electron chi connectivity index (χ3n) is 3.86. The van der Waals surface area contributed by atoms with Crippen LogP contribution >= 0.6 is 0 Å². The zero-order chi connectivity index (χ0) is 16.6. The standard InChI is InChI=1S/C15H17N3O4S/c1-22-11-6-4-10(5-7-11)9-12-14-13(19)3-2-8-18(14)17-15(12)23(16,20)21/h4-7H,2-3,8-9H2,1H3,(H2,16,20,21). The molecule has 0 fully saturated rings. The van der Waals surface area contributed by atoms with E-state index < -0.39 is 10.0 Å². The number of sulfonamides is 1. The van der Waals surface area contributed by atoms with Crippen molar-refractivity contribution in [1.82, 2.24) is 9.78 Å². The number of fused-ring (bicyclic) bond motifs is 1. The van der Waals surface area contributed by atoms with Crippen molar-refractivity contribution in [2.45, 2.75) is 30.8 Å². The molecule has 7 nitrogen and oxygen atoms in total. The van der Waals surface area contributed by atoms with E-state index in [1.165, 1.54) is 4.68 Å². The highest BCUT2D eigenvalue weighted by atomic mass is 32.2. The fraction of sp³-hybridized carbons (Fsp3) is 0.333. The lowest BCUT2D eigenvalue weighted by atomic mass is 10.00. The molecule has 23 heavy (non-hydrogen) atoms. The summed E-state index contributed by atoms with van der Waals surface area (Å²) in [6.07, 6.45) is 1.32. The number of benzene rings is 1. The fourth-order valence-electron chi connectivity index (χ4n) is 2.79. The number of aromatic nitrogens is 2. The van der Waals surface area contributed by atoms with Crippen LogP contribution in [0.5, 0.6) is 5.75 Å². The summed E-state index contributed by atoms with van der Waals surface area (Å²) in [5, 5.41) is 9.13. The molecule has 0 unspecified atom stereocenters. The van der Waals surface area contributed by atoms with E-state index >= 15 is 0 Å². The van der Waals surface area contributed by atoms with E-state index in [-0.39, 0.29) is 17.2 Å². The summed E-state index contributed by atoms with van der Waals surface area (Å²) in [6.45, 7) is 0.520. The summed E-state index contributed by atoms with van der Waals surface area (Å²) in [5.41, 5.74) is 1.59. The van der Waals surface area contributed by atoms with Crippen LogP contribution in [0.2, 0.25) is 0 Å². The van der Waals surface area contributed by atoms with E-state index in [9.17, 15) is 13.2 Å². The fourth-order valence-corrected chi connectivity index (χ4v) is 3.52. The van der Waals surface area contributed by atoms with Gasteiger partial charge in [0.05, 0.1) is 7.11 Å². The average molecular weight is 335 g/mol. The third-order valence-corrected chi connectivity index (χ3v) is 4.73. The van der Waals surface area contributed by atoms with Gasteiger partial charge in [-0.05, 0) is 24.1 Å². The Morgan fingerprint density at radius 2 is 2.00 bits per heavy atom. The van der Waals surface area contributed by atoms with Crippen LogP contribution in [-0.2, 0) is 23.0 Å². The zero-order valence-electron chi connectivity index (χ0n) is 12.7. The number of nitrogens with two attached hydrogens (primary N) is 1. The summed E-state index contributed by atoms with van der Waals surface area (Å²) < 4.78 is 30.2. The van der Waals surface area contributed by atoms with Crippen LogP contribution in [-0.4, -0.2) is 31.1 Å². The Labute approximate surface area is 134 Å². The van der Waals surface area contributed by atoms with Crippen molar-refractivity contribution >= 4 is 15.8 Å². The highest BCUT2D eigenvalue weighted by molar-refractivity contribution is 7.89. The molecule has 2 aromatic rings. The molecule has 0 bridgehead atoms.